The summed E-state index contributed by atoms with van der Waals surface area (Å²) in [6.45, 7) is 1.88. The number of hydrogen-bond acceptors (Lipinski definition) is 7. The smallest absolute Gasteiger partial charge is 0.359 e. The third-order valence-corrected chi connectivity index (χ3v) is 3.81. The van der Waals surface area contributed by atoms with Crippen LogP contribution in [0.3, 0.4) is 0 Å². The number of hydrogen-bond donors (Lipinski definition) is 0. The van der Waals surface area contributed by atoms with E-state index in [9.17, 15) is 25.0 Å². The van der Waals surface area contributed by atoms with Gasteiger partial charge in [0.05, 0.1) is 34.2 Å². The lowest BCUT2D eigenvalue weighted by molar-refractivity contribution is -0.393. The first-order chi connectivity index (χ1) is 12.3. The first-order valence-corrected chi connectivity index (χ1v) is 7.34. The van der Waals surface area contributed by atoms with Gasteiger partial charge in [0.15, 0.2) is 5.69 Å². The number of carbonyl (C=O) groups excluding carboxylic acids is 1. The number of esters is 1. The number of nitrogens with zero attached hydrogens (tertiary/aromatic N) is 4. The molecule has 0 fully saturated rings. The van der Waals surface area contributed by atoms with Crippen molar-refractivity contribution in [2.45, 2.75) is 6.92 Å². The minimum atomic E-state index is -0.877. The number of methoxy groups -OCH3 is 1. The normalized spacial score (nSPS) is 10.7. The highest BCUT2D eigenvalue weighted by molar-refractivity contribution is 6.07. The minimum absolute atomic E-state index is 0.0650. The minimum Gasteiger partial charge on any atom is -0.464 e. The van der Waals surface area contributed by atoms with E-state index in [1.807, 2.05) is 6.92 Å². The lowest BCUT2D eigenvalue weighted by Crippen LogP contribution is -2.05. The number of carbonyl (C=O) groups is 1. The monoisotopic (exact) mass is 356 g/mol. The Hall–Kier alpha value is -3.82. The zero-order valence-electron chi connectivity index (χ0n) is 13.7. The molecular weight excluding hydrogens is 344 g/mol. The van der Waals surface area contributed by atoms with Crippen LogP contribution in [0.15, 0.2) is 36.4 Å². The maximum absolute atomic E-state index is 12.1. The average Bonchev–Trinajstić information content (AvgIpc) is 3.00. The fourth-order valence-corrected chi connectivity index (χ4v) is 2.58. The van der Waals surface area contributed by atoms with Gasteiger partial charge in [-0.1, -0.05) is 17.7 Å². The first kappa shape index (κ1) is 17.0. The SMILES string of the molecule is COC(=O)c1nn(-c2ccc(C)cc2)c2cc([N+](=O)[O-])cc([N+](=O)[O-])c12. The molecule has 0 saturated heterocycles. The highest BCUT2D eigenvalue weighted by Crippen LogP contribution is 2.35. The summed E-state index contributed by atoms with van der Waals surface area (Å²) in [4.78, 5) is 33.1. The fraction of sp³-hybridized carbons (Fsp3) is 0.125. The van der Waals surface area contributed by atoms with Crippen LogP contribution >= 0.6 is 0 Å². The Morgan fingerprint density at radius 2 is 1.77 bits per heavy atom. The molecule has 0 aliphatic rings. The molecule has 1 heterocycles. The quantitative estimate of drug-likeness (QED) is 0.399. The summed E-state index contributed by atoms with van der Waals surface area (Å²) in [7, 11) is 1.12. The van der Waals surface area contributed by atoms with Crippen LogP contribution in [0, 0.1) is 27.2 Å². The van der Waals surface area contributed by atoms with Gasteiger partial charge in [-0.05, 0) is 19.1 Å². The van der Waals surface area contributed by atoms with Gasteiger partial charge in [-0.2, -0.15) is 5.10 Å². The van der Waals surface area contributed by atoms with Gasteiger partial charge in [-0.3, -0.25) is 20.2 Å². The van der Waals surface area contributed by atoms with Gasteiger partial charge in [0.2, 0.25) is 0 Å². The number of nitro groups is 2. The molecule has 3 rings (SSSR count). The standard InChI is InChI=1S/C16H12N4O6/c1-9-3-5-10(6-4-9)18-12-7-11(19(22)23)8-13(20(24)25)14(12)15(17-18)16(21)26-2/h3-8H,1-2H3. The zero-order valence-corrected chi connectivity index (χ0v) is 13.7. The maximum atomic E-state index is 12.1. The van der Waals surface area contributed by atoms with E-state index >= 15 is 0 Å². The summed E-state index contributed by atoms with van der Waals surface area (Å²) in [5.41, 5.74) is 0.169. The van der Waals surface area contributed by atoms with E-state index in [0.29, 0.717) is 5.69 Å². The molecule has 1 aromatic heterocycles. The van der Waals surface area contributed by atoms with E-state index in [2.05, 4.69) is 9.84 Å². The van der Waals surface area contributed by atoms with Crippen molar-refractivity contribution < 1.29 is 19.4 Å². The molecule has 0 radical (unpaired) electrons. The van der Waals surface area contributed by atoms with Gasteiger partial charge < -0.3 is 4.74 Å². The molecule has 0 aliphatic carbocycles. The molecule has 0 aliphatic heterocycles. The van der Waals surface area contributed by atoms with Gasteiger partial charge in [0.1, 0.15) is 5.39 Å². The third-order valence-electron chi connectivity index (χ3n) is 3.81. The predicted octanol–water partition coefficient (Wildman–Crippen LogP) is 2.94. The van der Waals surface area contributed by atoms with Gasteiger partial charge in [0.25, 0.3) is 11.4 Å². The van der Waals surface area contributed by atoms with Crippen LogP contribution in [0.5, 0.6) is 0 Å². The van der Waals surface area contributed by atoms with Crippen molar-refractivity contribution in [3.8, 4) is 5.69 Å². The molecule has 0 N–H and O–H groups in total. The number of benzene rings is 2. The number of aryl methyl sites for hydroxylation is 1. The molecule has 10 nitrogen and oxygen atoms in total. The second kappa shape index (κ2) is 6.24. The Bertz CT molecular complexity index is 1050. The number of non-ortho nitro benzene ring substituents is 2. The Labute approximate surface area is 145 Å². The first-order valence-electron chi connectivity index (χ1n) is 7.34. The fourth-order valence-electron chi connectivity index (χ4n) is 2.58. The highest BCUT2D eigenvalue weighted by atomic mass is 16.6. The Morgan fingerprint density at radius 3 is 2.31 bits per heavy atom. The lowest BCUT2D eigenvalue weighted by Gasteiger charge is -2.04. The molecule has 3 aromatic rings. The lowest BCUT2D eigenvalue weighted by atomic mass is 10.1. The number of fused-ring (bicyclic) bond motifs is 1. The number of aromatic nitrogens is 2. The molecule has 0 amide bonds. The molecule has 2 aromatic carbocycles. The molecule has 0 atom stereocenters. The van der Waals surface area contributed by atoms with Crippen LogP contribution < -0.4 is 0 Å². The summed E-state index contributed by atoms with van der Waals surface area (Å²) >= 11 is 0. The Kier molecular flexibility index (Phi) is 4.08. The molecule has 132 valence electrons. The van der Waals surface area contributed by atoms with Gasteiger partial charge in [0, 0.05) is 6.07 Å². The van der Waals surface area contributed by atoms with Crippen molar-refractivity contribution in [3.63, 3.8) is 0 Å². The Balaban J connectivity index is 2.45. The summed E-state index contributed by atoms with van der Waals surface area (Å²) < 4.78 is 5.90. The summed E-state index contributed by atoms with van der Waals surface area (Å²) in [6, 6.07) is 8.89. The second-order valence-corrected chi connectivity index (χ2v) is 5.46. The van der Waals surface area contributed by atoms with Crippen LogP contribution in [0.1, 0.15) is 16.1 Å². The third kappa shape index (κ3) is 2.73. The molecule has 0 spiro atoms. The molecule has 0 saturated carbocycles. The van der Waals surface area contributed by atoms with E-state index in [-0.39, 0.29) is 16.6 Å². The van der Waals surface area contributed by atoms with Crippen molar-refractivity contribution in [1.82, 2.24) is 9.78 Å². The van der Waals surface area contributed by atoms with Crippen molar-refractivity contribution in [2.75, 3.05) is 7.11 Å². The highest BCUT2D eigenvalue weighted by Gasteiger charge is 2.29. The predicted molar refractivity (Wildman–Crippen MR) is 90.5 cm³/mol. The molecule has 0 unspecified atom stereocenters. The average molecular weight is 356 g/mol. The van der Waals surface area contributed by atoms with E-state index in [4.69, 9.17) is 0 Å². The molecular formula is C16H12N4O6. The van der Waals surface area contributed by atoms with E-state index in [0.717, 1.165) is 24.8 Å². The zero-order chi connectivity index (χ0) is 19.0. The van der Waals surface area contributed by atoms with Crippen LogP contribution in [0.25, 0.3) is 16.6 Å². The number of nitro benzene ring substituents is 2. The van der Waals surface area contributed by atoms with Gasteiger partial charge in [-0.15, -0.1) is 0 Å². The van der Waals surface area contributed by atoms with Crippen molar-refractivity contribution in [3.05, 3.63) is 67.9 Å². The van der Waals surface area contributed by atoms with Crippen molar-refractivity contribution in [1.29, 1.82) is 0 Å². The summed E-state index contributed by atoms with van der Waals surface area (Å²) in [6.07, 6.45) is 0. The molecule has 10 heteroatoms. The van der Waals surface area contributed by atoms with Crippen molar-refractivity contribution in [2.24, 2.45) is 0 Å². The molecule has 0 bridgehead atoms. The largest absolute Gasteiger partial charge is 0.464 e. The van der Waals surface area contributed by atoms with Crippen LogP contribution in [-0.4, -0.2) is 32.7 Å². The topological polar surface area (TPSA) is 130 Å². The van der Waals surface area contributed by atoms with Gasteiger partial charge in [-0.25, -0.2) is 9.48 Å². The van der Waals surface area contributed by atoms with Crippen LogP contribution in [0.4, 0.5) is 11.4 Å². The van der Waals surface area contributed by atoms with E-state index < -0.39 is 27.2 Å². The van der Waals surface area contributed by atoms with Crippen LogP contribution in [-0.2, 0) is 4.74 Å². The van der Waals surface area contributed by atoms with E-state index in [1.165, 1.54) is 4.68 Å². The second-order valence-electron chi connectivity index (χ2n) is 5.46. The summed E-state index contributed by atoms with van der Waals surface area (Å²) in [5, 5.41) is 26.6. The van der Waals surface area contributed by atoms with Crippen molar-refractivity contribution >= 4 is 28.2 Å². The number of ether oxygens (including phenoxy) is 1. The molecule has 26 heavy (non-hydrogen) atoms. The van der Waals surface area contributed by atoms with Gasteiger partial charge >= 0.3 is 5.97 Å². The van der Waals surface area contributed by atoms with E-state index in [1.54, 1.807) is 24.3 Å². The van der Waals surface area contributed by atoms with Crippen LogP contribution in [0.2, 0.25) is 0 Å². The number of rotatable bonds is 4. The Morgan fingerprint density at radius 1 is 1.12 bits per heavy atom. The summed E-state index contributed by atoms with van der Waals surface area (Å²) in [5.74, 6) is -0.877. The maximum Gasteiger partial charge on any atom is 0.359 e.